The van der Waals surface area contributed by atoms with Crippen molar-refractivity contribution in [3.63, 3.8) is 0 Å². The molecule has 0 aliphatic carbocycles. The molecule has 0 unspecified atom stereocenters. The summed E-state index contributed by atoms with van der Waals surface area (Å²) in [5.74, 6) is 1.23. The van der Waals surface area contributed by atoms with Crippen molar-refractivity contribution in [2.75, 3.05) is 38.9 Å². The van der Waals surface area contributed by atoms with E-state index in [1.807, 2.05) is 12.3 Å². The summed E-state index contributed by atoms with van der Waals surface area (Å²) in [7, 11) is 1.65. The summed E-state index contributed by atoms with van der Waals surface area (Å²) < 4.78 is 23.8. The number of hydrogen-bond acceptors (Lipinski definition) is 4. The topological polar surface area (TPSA) is 30.5 Å². The van der Waals surface area contributed by atoms with Crippen LogP contribution in [0.25, 0.3) is 0 Å². The lowest BCUT2D eigenvalue weighted by Gasteiger charge is -2.09. The van der Waals surface area contributed by atoms with E-state index in [9.17, 15) is 4.39 Å². The van der Waals surface area contributed by atoms with E-state index >= 15 is 0 Å². The Morgan fingerprint density at radius 2 is 2.11 bits per heavy atom. The average molecular weight is 273 g/mol. The second-order valence-electron chi connectivity index (χ2n) is 3.81. The summed E-state index contributed by atoms with van der Waals surface area (Å²) in [6.45, 7) is 2.60. The third kappa shape index (κ3) is 6.23. The maximum atomic E-state index is 13.4. The van der Waals surface area contributed by atoms with Gasteiger partial charge in [-0.05, 0) is 24.0 Å². The highest BCUT2D eigenvalue weighted by molar-refractivity contribution is 7.98. The fourth-order valence-electron chi connectivity index (χ4n) is 1.46. The van der Waals surface area contributed by atoms with Crippen molar-refractivity contribution >= 4 is 11.8 Å². The van der Waals surface area contributed by atoms with Crippen LogP contribution in [0.1, 0.15) is 5.56 Å². The Labute approximate surface area is 112 Å². The van der Waals surface area contributed by atoms with Gasteiger partial charge >= 0.3 is 0 Å². The number of methoxy groups -OCH3 is 1. The molecule has 0 fully saturated rings. The molecule has 0 aromatic heterocycles. The van der Waals surface area contributed by atoms with E-state index in [-0.39, 0.29) is 5.82 Å². The predicted octanol–water partition coefficient (Wildman–Crippen LogP) is 2.30. The standard InChI is InChI=1S/C13H20FNO2S/c1-16-4-3-15-10-11-7-12(14)9-13(8-11)17-5-6-18-2/h7-9,15H,3-6,10H2,1-2H3. The molecular formula is C13H20FNO2S. The first kappa shape index (κ1) is 15.3. The number of hydrogen-bond donors (Lipinski definition) is 1. The molecule has 102 valence electrons. The first-order valence-corrected chi connectivity index (χ1v) is 7.26. The zero-order chi connectivity index (χ0) is 13.2. The van der Waals surface area contributed by atoms with Crippen LogP contribution in [0.5, 0.6) is 5.75 Å². The molecule has 0 bridgehead atoms. The molecule has 18 heavy (non-hydrogen) atoms. The summed E-state index contributed by atoms with van der Waals surface area (Å²) in [5.41, 5.74) is 0.880. The Balaban J connectivity index is 2.46. The molecule has 1 aromatic rings. The zero-order valence-electron chi connectivity index (χ0n) is 10.9. The van der Waals surface area contributed by atoms with E-state index in [1.165, 1.54) is 12.1 Å². The highest BCUT2D eigenvalue weighted by atomic mass is 32.2. The second-order valence-corrected chi connectivity index (χ2v) is 4.79. The van der Waals surface area contributed by atoms with Gasteiger partial charge < -0.3 is 14.8 Å². The molecular weight excluding hydrogens is 253 g/mol. The van der Waals surface area contributed by atoms with Crippen LogP contribution in [-0.4, -0.2) is 38.9 Å². The van der Waals surface area contributed by atoms with Crippen molar-refractivity contribution in [1.29, 1.82) is 0 Å². The minimum Gasteiger partial charge on any atom is -0.493 e. The van der Waals surface area contributed by atoms with E-state index in [1.54, 1.807) is 18.9 Å². The first-order valence-electron chi connectivity index (χ1n) is 5.87. The summed E-state index contributed by atoms with van der Waals surface area (Å²) in [6.07, 6.45) is 2.01. The van der Waals surface area contributed by atoms with Gasteiger partial charge in [0.25, 0.3) is 0 Å². The summed E-state index contributed by atoms with van der Waals surface area (Å²) >= 11 is 1.70. The zero-order valence-corrected chi connectivity index (χ0v) is 11.7. The molecule has 5 heteroatoms. The third-order valence-electron chi connectivity index (χ3n) is 2.30. The highest BCUT2D eigenvalue weighted by Crippen LogP contribution is 2.16. The summed E-state index contributed by atoms with van der Waals surface area (Å²) in [6, 6.07) is 4.80. The van der Waals surface area contributed by atoms with Crippen LogP contribution >= 0.6 is 11.8 Å². The number of nitrogens with one attached hydrogen (secondary N) is 1. The van der Waals surface area contributed by atoms with Crippen molar-refractivity contribution < 1.29 is 13.9 Å². The number of halogens is 1. The number of benzene rings is 1. The fourth-order valence-corrected chi connectivity index (χ4v) is 1.71. The van der Waals surface area contributed by atoms with Gasteiger partial charge in [0.2, 0.25) is 0 Å². The van der Waals surface area contributed by atoms with Crippen LogP contribution < -0.4 is 10.1 Å². The molecule has 0 saturated carbocycles. The quantitative estimate of drug-likeness (QED) is 0.699. The molecule has 0 radical (unpaired) electrons. The molecule has 1 aromatic carbocycles. The normalized spacial score (nSPS) is 10.6. The van der Waals surface area contributed by atoms with E-state index in [2.05, 4.69) is 5.32 Å². The minimum absolute atomic E-state index is 0.264. The largest absolute Gasteiger partial charge is 0.493 e. The molecule has 3 nitrogen and oxygen atoms in total. The second kappa shape index (κ2) is 9.19. The van der Waals surface area contributed by atoms with Crippen LogP contribution in [0.3, 0.4) is 0 Å². The first-order chi connectivity index (χ1) is 8.76. The third-order valence-corrected chi connectivity index (χ3v) is 2.87. The molecule has 0 aliphatic heterocycles. The monoisotopic (exact) mass is 273 g/mol. The van der Waals surface area contributed by atoms with Crippen LogP contribution in [0, 0.1) is 5.82 Å². The van der Waals surface area contributed by atoms with E-state index in [0.717, 1.165) is 17.9 Å². The van der Waals surface area contributed by atoms with Gasteiger partial charge in [-0.15, -0.1) is 0 Å². The Morgan fingerprint density at radius 3 is 2.83 bits per heavy atom. The molecule has 0 spiro atoms. The maximum absolute atomic E-state index is 13.4. The van der Waals surface area contributed by atoms with Gasteiger partial charge in [0, 0.05) is 32.0 Å². The van der Waals surface area contributed by atoms with Gasteiger partial charge in [-0.2, -0.15) is 11.8 Å². The number of thioether (sulfide) groups is 1. The molecule has 0 aliphatic rings. The summed E-state index contributed by atoms with van der Waals surface area (Å²) in [4.78, 5) is 0. The molecule has 1 N–H and O–H groups in total. The highest BCUT2D eigenvalue weighted by Gasteiger charge is 2.02. The maximum Gasteiger partial charge on any atom is 0.127 e. The molecule has 0 amide bonds. The minimum atomic E-state index is -0.264. The Bertz CT molecular complexity index is 350. The molecule has 0 atom stereocenters. The van der Waals surface area contributed by atoms with Crippen molar-refractivity contribution in [2.24, 2.45) is 0 Å². The Hall–Kier alpha value is -0.780. The molecule has 1 rings (SSSR count). The van der Waals surface area contributed by atoms with Gasteiger partial charge in [0.1, 0.15) is 11.6 Å². The Kier molecular flexibility index (Phi) is 7.80. The lowest BCUT2D eigenvalue weighted by molar-refractivity contribution is 0.199. The average Bonchev–Trinajstić information content (AvgIpc) is 2.34. The van der Waals surface area contributed by atoms with Gasteiger partial charge in [0.05, 0.1) is 13.2 Å². The number of ether oxygens (including phenoxy) is 2. The molecule has 0 saturated heterocycles. The number of rotatable bonds is 9. The van der Waals surface area contributed by atoms with Crippen LogP contribution in [0.2, 0.25) is 0 Å². The van der Waals surface area contributed by atoms with E-state index in [4.69, 9.17) is 9.47 Å². The predicted molar refractivity (Wildman–Crippen MR) is 73.9 cm³/mol. The Morgan fingerprint density at radius 1 is 1.28 bits per heavy atom. The van der Waals surface area contributed by atoms with Crippen molar-refractivity contribution in [3.05, 3.63) is 29.6 Å². The van der Waals surface area contributed by atoms with Gasteiger partial charge in [-0.3, -0.25) is 0 Å². The van der Waals surface area contributed by atoms with Crippen LogP contribution in [0.15, 0.2) is 18.2 Å². The van der Waals surface area contributed by atoms with Crippen molar-refractivity contribution in [1.82, 2.24) is 5.32 Å². The molecule has 0 heterocycles. The SMILES string of the molecule is COCCNCc1cc(F)cc(OCCSC)c1. The lowest BCUT2D eigenvalue weighted by atomic mass is 10.2. The summed E-state index contributed by atoms with van der Waals surface area (Å²) in [5, 5.41) is 3.17. The van der Waals surface area contributed by atoms with E-state index in [0.29, 0.717) is 25.5 Å². The van der Waals surface area contributed by atoms with Crippen LogP contribution in [0.4, 0.5) is 4.39 Å². The van der Waals surface area contributed by atoms with Gasteiger partial charge in [-0.25, -0.2) is 4.39 Å². The van der Waals surface area contributed by atoms with Gasteiger partial charge in [0.15, 0.2) is 0 Å². The van der Waals surface area contributed by atoms with Crippen LogP contribution in [-0.2, 0) is 11.3 Å². The van der Waals surface area contributed by atoms with Crippen molar-refractivity contribution in [3.8, 4) is 5.75 Å². The van der Waals surface area contributed by atoms with E-state index < -0.39 is 0 Å². The lowest BCUT2D eigenvalue weighted by Crippen LogP contribution is -2.18. The smallest absolute Gasteiger partial charge is 0.127 e. The van der Waals surface area contributed by atoms with Crippen molar-refractivity contribution in [2.45, 2.75) is 6.54 Å². The van der Waals surface area contributed by atoms with Gasteiger partial charge in [-0.1, -0.05) is 0 Å². The fraction of sp³-hybridized carbons (Fsp3) is 0.538.